The lowest BCUT2D eigenvalue weighted by molar-refractivity contribution is 0.232. The van der Waals surface area contributed by atoms with Gasteiger partial charge in [0.2, 0.25) is 0 Å². The molecule has 0 bridgehead atoms. The third kappa shape index (κ3) is 11.2. The molecular formula is C12H19O. The molecule has 0 atom stereocenters. The van der Waals surface area contributed by atoms with Crippen LogP contribution in [0.15, 0.2) is 36.5 Å². The summed E-state index contributed by atoms with van der Waals surface area (Å²) in [6.07, 6.45) is 16.4. The van der Waals surface area contributed by atoms with Gasteiger partial charge < -0.3 is 0 Å². The van der Waals surface area contributed by atoms with Gasteiger partial charge in [-0.25, -0.2) is 5.11 Å². The highest BCUT2D eigenvalue weighted by molar-refractivity contribution is 5.02. The lowest BCUT2D eigenvalue weighted by Crippen LogP contribution is -1.69. The van der Waals surface area contributed by atoms with E-state index in [-0.39, 0.29) is 6.61 Å². The molecule has 1 heteroatoms. The van der Waals surface area contributed by atoms with E-state index in [9.17, 15) is 5.11 Å². The Hall–Kier alpha value is -0.820. The fraction of sp³-hybridized carbons (Fsp3) is 0.500. The zero-order valence-corrected chi connectivity index (χ0v) is 8.41. The van der Waals surface area contributed by atoms with Gasteiger partial charge in [-0.15, -0.1) is 0 Å². The van der Waals surface area contributed by atoms with E-state index in [0.717, 1.165) is 19.3 Å². The monoisotopic (exact) mass is 179 g/mol. The van der Waals surface area contributed by atoms with Crippen molar-refractivity contribution in [3.05, 3.63) is 36.5 Å². The molecule has 0 aliphatic heterocycles. The standard InChI is InChI=1S/C12H19O/c1-2-3-4-5-6-7-8-9-10-11-12-13/h4-7,10-11H,2-3,8-9,12H2,1H3. The lowest BCUT2D eigenvalue weighted by Gasteiger charge is -1.84. The van der Waals surface area contributed by atoms with Crippen molar-refractivity contribution in [2.45, 2.75) is 32.6 Å². The topological polar surface area (TPSA) is 19.9 Å². The maximum Gasteiger partial charge on any atom is 0.100 e. The molecule has 0 saturated carbocycles. The SMILES string of the molecule is CCCC=CC=CCCC=CC[O]. The summed E-state index contributed by atoms with van der Waals surface area (Å²) in [4.78, 5) is 0. The maximum atomic E-state index is 10.0. The predicted octanol–water partition coefficient (Wildman–Crippen LogP) is 3.67. The highest BCUT2D eigenvalue weighted by atomic mass is 16.2. The summed E-state index contributed by atoms with van der Waals surface area (Å²) in [5.41, 5.74) is 0. The van der Waals surface area contributed by atoms with Gasteiger partial charge in [0, 0.05) is 0 Å². The van der Waals surface area contributed by atoms with Crippen LogP contribution in [-0.4, -0.2) is 6.61 Å². The average molecular weight is 179 g/mol. The van der Waals surface area contributed by atoms with Crippen LogP contribution < -0.4 is 0 Å². The predicted molar refractivity (Wildman–Crippen MR) is 57.1 cm³/mol. The van der Waals surface area contributed by atoms with Crippen LogP contribution in [0.4, 0.5) is 0 Å². The van der Waals surface area contributed by atoms with Crippen molar-refractivity contribution in [3.8, 4) is 0 Å². The van der Waals surface area contributed by atoms with Crippen LogP contribution >= 0.6 is 0 Å². The Labute approximate surface area is 81.5 Å². The van der Waals surface area contributed by atoms with Gasteiger partial charge in [-0.3, -0.25) is 0 Å². The van der Waals surface area contributed by atoms with Crippen molar-refractivity contribution < 1.29 is 5.11 Å². The van der Waals surface area contributed by atoms with Crippen LogP contribution in [0, 0.1) is 0 Å². The number of rotatable bonds is 7. The Morgan fingerprint density at radius 3 is 2.08 bits per heavy atom. The smallest absolute Gasteiger partial charge is 0.100 e. The second-order valence-electron chi connectivity index (χ2n) is 2.86. The summed E-state index contributed by atoms with van der Waals surface area (Å²) in [7, 11) is 0. The fourth-order valence-corrected chi connectivity index (χ4v) is 0.895. The molecule has 0 aromatic rings. The van der Waals surface area contributed by atoms with Crippen LogP contribution in [0.1, 0.15) is 32.6 Å². The number of hydrogen-bond acceptors (Lipinski definition) is 0. The van der Waals surface area contributed by atoms with Crippen LogP contribution in [0.2, 0.25) is 0 Å². The van der Waals surface area contributed by atoms with Crippen molar-refractivity contribution in [2.24, 2.45) is 0 Å². The normalized spacial score (nSPS) is 12.5. The van der Waals surface area contributed by atoms with Gasteiger partial charge in [-0.05, 0) is 19.3 Å². The Balaban J connectivity index is 3.26. The molecule has 0 aliphatic rings. The van der Waals surface area contributed by atoms with Crippen molar-refractivity contribution in [2.75, 3.05) is 6.61 Å². The van der Waals surface area contributed by atoms with Gasteiger partial charge >= 0.3 is 0 Å². The molecule has 0 fully saturated rings. The second kappa shape index (κ2) is 11.2. The van der Waals surface area contributed by atoms with Crippen LogP contribution in [0.25, 0.3) is 0 Å². The van der Waals surface area contributed by atoms with Gasteiger partial charge in [0.05, 0.1) is 0 Å². The van der Waals surface area contributed by atoms with Crippen molar-refractivity contribution in [1.29, 1.82) is 0 Å². The largest absolute Gasteiger partial charge is 0.232 e. The number of allylic oxidation sites excluding steroid dienone is 5. The highest BCUT2D eigenvalue weighted by Crippen LogP contribution is 1.94. The first-order chi connectivity index (χ1) is 6.41. The summed E-state index contributed by atoms with van der Waals surface area (Å²) < 4.78 is 0. The van der Waals surface area contributed by atoms with E-state index in [1.165, 1.54) is 6.42 Å². The number of hydrogen-bond donors (Lipinski definition) is 0. The number of unbranched alkanes of at least 4 members (excludes halogenated alkanes) is 2. The molecule has 0 amide bonds. The van der Waals surface area contributed by atoms with Crippen LogP contribution in [0.3, 0.4) is 0 Å². The molecule has 0 heterocycles. The first kappa shape index (κ1) is 12.2. The summed E-state index contributed by atoms with van der Waals surface area (Å²) in [6.45, 7) is 2.07. The van der Waals surface area contributed by atoms with Crippen molar-refractivity contribution in [3.63, 3.8) is 0 Å². The minimum atomic E-state index is -0.0971. The summed E-state index contributed by atoms with van der Waals surface area (Å²) in [5.74, 6) is 0. The van der Waals surface area contributed by atoms with E-state index >= 15 is 0 Å². The molecule has 1 radical (unpaired) electrons. The first-order valence-corrected chi connectivity index (χ1v) is 4.96. The molecule has 0 aromatic heterocycles. The Bertz CT molecular complexity index is 166. The maximum absolute atomic E-state index is 10.0. The van der Waals surface area contributed by atoms with E-state index in [4.69, 9.17) is 0 Å². The molecule has 1 nitrogen and oxygen atoms in total. The third-order valence-corrected chi connectivity index (χ3v) is 1.60. The molecule has 0 N–H and O–H groups in total. The molecule has 73 valence electrons. The van der Waals surface area contributed by atoms with Gasteiger partial charge in [0.15, 0.2) is 0 Å². The summed E-state index contributed by atoms with van der Waals surface area (Å²) >= 11 is 0. The minimum Gasteiger partial charge on any atom is -0.232 e. The van der Waals surface area contributed by atoms with Gasteiger partial charge in [0.1, 0.15) is 6.61 Å². The van der Waals surface area contributed by atoms with E-state index < -0.39 is 0 Å². The molecular weight excluding hydrogens is 160 g/mol. The average Bonchev–Trinajstić information content (AvgIpc) is 2.16. The zero-order valence-electron chi connectivity index (χ0n) is 8.41. The van der Waals surface area contributed by atoms with E-state index in [2.05, 4.69) is 31.2 Å². The van der Waals surface area contributed by atoms with Crippen LogP contribution in [0.5, 0.6) is 0 Å². The highest BCUT2D eigenvalue weighted by Gasteiger charge is 1.75. The van der Waals surface area contributed by atoms with Gasteiger partial charge in [-0.1, -0.05) is 49.8 Å². The van der Waals surface area contributed by atoms with E-state index in [0.29, 0.717) is 0 Å². The van der Waals surface area contributed by atoms with E-state index in [1.54, 1.807) is 6.08 Å². The summed E-state index contributed by atoms with van der Waals surface area (Å²) in [5, 5.41) is 10.0. The quantitative estimate of drug-likeness (QED) is 0.323. The first-order valence-electron chi connectivity index (χ1n) is 4.96. The molecule has 13 heavy (non-hydrogen) atoms. The lowest BCUT2D eigenvalue weighted by atomic mass is 10.2. The third-order valence-electron chi connectivity index (χ3n) is 1.60. The van der Waals surface area contributed by atoms with Crippen molar-refractivity contribution in [1.82, 2.24) is 0 Å². The molecule has 0 spiro atoms. The van der Waals surface area contributed by atoms with Gasteiger partial charge in [0.25, 0.3) is 0 Å². The molecule has 0 rings (SSSR count). The Morgan fingerprint density at radius 2 is 1.46 bits per heavy atom. The van der Waals surface area contributed by atoms with Gasteiger partial charge in [-0.2, -0.15) is 0 Å². The summed E-state index contributed by atoms with van der Waals surface area (Å²) in [6, 6.07) is 0. The molecule has 0 aliphatic carbocycles. The Morgan fingerprint density at radius 1 is 0.846 bits per heavy atom. The van der Waals surface area contributed by atoms with Crippen molar-refractivity contribution >= 4 is 0 Å². The van der Waals surface area contributed by atoms with Crippen LogP contribution in [-0.2, 0) is 5.11 Å². The second-order valence-corrected chi connectivity index (χ2v) is 2.86. The Kier molecular flexibility index (Phi) is 10.5. The zero-order chi connectivity index (χ0) is 9.78. The molecule has 0 saturated heterocycles. The van der Waals surface area contributed by atoms with E-state index in [1.807, 2.05) is 6.08 Å². The molecule has 0 aromatic carbocycles. The molecule has 0 unspecified atom stereocenters. The fourth-order valence-electron chi connectivity index (χ4n) is 0.895. The minimum absolute atomic E-state index is 0.0971.